The van der Waals surface area contributed by atoms with E-state index in [-0.39, 0.29) is 18.4 Å². The molecule has 0 heterocycles. The lowest BCUT2D eigenvalue weighted by atomic mass is 10.2. The number of nitrogens with one attached hydrogen (secondary N) is 1. The molecule has 5 nitrogen and oxygen atoms in total. The Bertz CT molecular complexity index is 262. The number of esters is 1. The largest absolute Gasteiger partial charge is 0.468 e. The Morgan fingerprint density at radius 3 is 2.53 bits per heavy atom. The van der Waals surface area contributed by atoms with Crippen molar-refractivity contribution in [2.45, 2.75) is 38.1 Å². The number of carbonyl (C=O) groups excluding carboxylic acids is 2. The predicted octanol–water partition coefficient (Wildman–Crippen LogP) is 0.540. The summed E-state index contributed by atoms with van der Waals surface area (Å²) in [5.74, 6) is -0.216. The van der Waals surface area contributed by atoms with Gasteiger partial charge in [-0.25, -0.2) is 0 Å². The standard InChI is InChI=1S/C12H22N2O3/c1-13-11(15)7-8-14(9-12(16)17-2)10-5-3-4-6-10/h10H,3-9H2,1-2H3,(H,13,15). The van der Waals surface area contributed by atoms with Gasteiger partial charge in [-0.05, 0) is 12.8 Å². The summed E-state index contributed by atoms with van der Waals surface area (Å²) in [4.78, 5) is 24.6. The van der Waals surface area contributed by atoms with Crippen molar-refractivity contribution in [2.24, 2.45) is 0 Å². The van der Waals surface area contributed by atoms with Crippen LogP contribution < -0.4 is 5.32 Å². The minimum absolute atomic E-state index is 0.0119. The molecule has 0 aromatic carbocycles. The average molecular weight is 242 g/mol. The van der Waals surface area contributed by atoms with Gasteiger partial charge in [-0.3, -0.25) is 14.5 Å². The van der Waals surface area contributed by atoms with Gasteiger partial charge in [0.1, 0.15) is 0 Å². The zero-order chi connectivity index (χ0) is 12.7. The van der Waals surface area contributed by atoms with Gasteiger partial charge in [0.05, 0.1) is 13.7 Å². The van der Waals surface area contributed by atoms with Crippen molar-refractivity contribution >= 4 is 11.9 Å². The molecule has 0 aromatic rings. The van der Waals surface area contributed by atoms with E-state index in [0.29, 0.717) is 19.0 Å². The molecule has 0 atom stereocenters. The van der Waals surface area contributed by atoms with Crippen LogP contribution in [0.15, 0.2) is 0 Å². The zero-order valence-electron chi connectivity index (χ0n) is 10.7. The third-order valence-electron chi connectivity index (χ3n) is 3.31. The number of methoxy groups -OCH3 is 1. The van der Waals surface area contributed by atoms with Gasteiger partial charge in [0.2, 0.25) is 5.91 Å². The Kier molecular flexibility index (Phi) is 5.97. The molecule has 0 spiro atoms. The monoisotopic (exact) mass is 242 g/mol. The fraction of sp³-hybridized carbons (Fsp3) is 0.833. The summed E-state index contributed by atoms with van der Waals surface area (Å²) in [7, 11) is 3.02. The first-order valence-electron chi connectivity index (χ1n) is 6.18. The molecule has 98 valence electrons. The van der Waals surface area contributed by atoms with E-state index in [1.165, 1.54) is 20.0 Å². The van der Waals surface area contributed by atoms with Crippen LogP contribution >= 0.6 is 0 Å². The maximum absolute atomic E-state index is 11.3. The summed E-state index contributed by atoms with van der Waals surface area (Å²) in [6, 6.07) is 0.429. The second-order valence-corrected chi connectivity index (χ2v) is 4.41. The topological polar surface area (TPSA) is 58.6 Å². The maximum Gasteiger partial charge on any atom is 0.319 e. The van der Waals surface area contributed by atoms with Crippen molar-refractivity contribution < 1.29 is 14.3 Å². The van der Waals surface area contributed by atoms with Gasteiger partial charge >= 0.3 is 5.97 Å². The van der Waals surface area contributed by atoms with Gasteiger partial charge in [-0.15, -0.1) is 0 Å². The second-order valence-electron chi connectivity index (χ2n) is 4.41. The average Bonchev–Trinajstić information content (AvgIpc) is 2.87. The van der Waals surface area contributed by atoms with Gasteiger partial charge in [0.15, 0.2) is 0 Å². The van der Waals surface area contributed by atoms with Gasteiger partial charge in [-0.1, -0.05) is 12.8 Å². The first-order valence-corrected chi connectivity index (χ1v) is 6.18. The Hall–Kier alpha value is -1.10. The molecular formula is C12H22N2O3. The summed E-state index contributed by atoms with van der Waals surface area (Å²) in [5.41, 5.74) is 0. The molecule has 1 fully saturated rings. The molecule has 0 bridgehead atoms. The Morgan fingerprint density at radius 1 is 1.35 bits per heavy atom. The van der Waals surface area contributed by atoms with E-state index in [4.69, 9.17) is 4.74 Å². The van der Waals surface area contributed by atoms with Crippen molar-refractivity contribution in [3.05, 3.63) is 0 Å². The molecule has 1 aliphatic rings. The molecular weight excluding hydrogens is 220 g/mol. The number of ether oxygens (including phenoxy) is 1. The van der Waals surface area contributed by atoms with Crippen LogP contribution in [0.1, 0.15) is 32.1 Å². The lowest BCUT2D eigenvalue weighted by Gasteiger charge is -2.27. The van der Waals surface area contributed by atoms with Crippen molar-refractivity contribution in [2.75, 3.05) is 27.2 Å². The summed E-state index contributed by atoms with van der Waals surface area (Å²) in [6.07, 6.45) is 5.09. The van der Waals surface area contributed by atoms with Crippen molar-refractivity contribution in [1.82, 2.24) is 10.2 Å². The SMILES string of the molecule is CNC(=O)CCN(CC(=O)OC)C1CCCC1. The third-order valence-corrected chi connectivity index (χ3v) is 3.31. The van der Waals surface area contributed by atoms with Crippen LogP contribution in [-0.4, -0.2) is 50.1 Å². The van der Waals surface area contributed by atoms with E-state index in [2.05, 4.69) is 10.2 Å². The molecule has 1 amide bonds. The van der Waals surface area contributed by atoms with E-state index >= 15 is 0 Å². The molecule has 0 saturated heterocycles. The molecule has 1 N–H and O–H groups in total. The summed E-state index contributed by atoms with van der Waals surface area (Å²) < 4.78 is 4.69. The van der Waals surface area contributed by atoms with E-state index in [1.54, 1.807) is 7.05 Å². The highest BCUT2D eigenvalue weighted by molar-refractivity contribution is 5.76. The van der Waals surface area contributed by atoms with Gasteiger partial charge < -0.3 is 10.1 Å². The van der Waals surface area contributed by atoms with Crippen LogP contribution in [0.5, 0.6) is 0 Å². The van der Waals surface area contributed by atoms with Crippen LogP contribution in [0.3, 0.4) is 0 Å². The predicted molar refractivity (Wildman–Crippen MR) is 64.5 cm³/mol. The van der Waals surface area contributed by atoms with E-state index in [9.17, 15) is 9.59 Å². The number of nitrogens with zero attached hydrogens (tertiary/aromatic N) is 1. The molecule has 0 unspecified atom stereocenters. The number of hydrogen-bond donors (Lipinski definition) is 1. The minimum Gasteiger partial charge on any atom is -0.468 e. The van der Waals surface area contributed by atoms with Crippen molar-refractivity contribution in [3.63, 3.8) is 0 Å². The van der Waals surface area contributed by atoms with Crippen LogP contribution in [0.25, 0.3) is 0 Å². The molecule has 17 heavy (non-hydrogen) atoms. The van der Waals surface area contributed by atoms with E-state index < -0.39 is 0 Å². The molecule has 1 aliphatic carbocycles. The second kappa shape index (κ2) is 7.27. The summed E-state index contributed by atoms with van der Waals surface area (Å²) in [6.45, 7) is 0.914. The molecule has 0 radical (unpaired) electrons. The summed E-state index contributed by atoms with van der Waals surface area (Å²) >= 11 is 0. The van der Waals surface area contributed by atoms with Gasteiger partial charge in [0, 0.05) is 26.1 Å². The first-order chi connectivity index (χ1) is 8.17. The summed E-state index contributed by atoms with van der Waals surface area (Å²) in [5, 5.41) is 2.60. The van der Waals surface area contributed by atoms with Crippen LogP contribution in [0, 0.1) is 0 Å². The highest BCUT2D eigenvalue weighted by atomic mass is 16.5. The highest BCUT2D eigenvalue weighted by Gasteiger charge is 2.24. The van der Waals surface area contributed by atoms with Crippen molar-refractivity contribution in [1.29, 1.82) is 0 Å². The maximum atomic E-state index is 11.3. The van der Waals surface area contributed by atoms with Crippen LogP contribution in [-0.2, 0) is 14.3 Å². The van der Waals surface area contributed by atoms with Crippen molar-refractivity contribution in [3.8, 4) is 0 Å². The third kappa shape index (κ3) is 4.73. The van der Waals surface area contributed by atoms with E-state index in [1.807, 2.05) is 0 Å². The Labute approximate surface area is 102 Å². The van der Waals surface area contributed by atoms with Crippen LogP contribution in [0.2, 0.25) is 0 Å². The van der Waals surface area contributed by atoms with E-state index in [0.717, 1.165) is 12.8 Å². The van der Waals surface area contributed by atoms with Gasteiger partial charge in [0.25, 0.3) is 0 Å². The molecule has 5 heteroatoms. The Morgan fingerprint density at radius 2 is 2.00 bits per heavy atom. The molecule has 1 saturated carbocycles. The Balaban J connectivity index is 2.45. The number of rotatable bonds is 6. The first kappa shape index (κ1) is 14.0. The molecule has 0 aliphatic heterocycles. The normalized spacial score (nSPS) is 16.2. The fourth-order valence-corrected chi connectivity index (χ4v) is 2.26. The van der Waals surface area contributed by atoms with Gasteiger partial charge in [-0.2, -0.15) is 0 Å². The molecule has 1 rings (SSSR count). The zero-order valence-corrected chi connectivity index (χ0v) is 10.7. The lowest BCUT2D eigenvalue weighted by molar-refractivity contribution is -0.142. The van der Waals surface area contributed by atoms with Crippen LogP contribution in [0.4, 0.5) is 0 Å². The number of hydrogen-bond acceptors (Lipinski definition) is 4. The quantitative estimate of drug-likeness (QED) is 0.691. The number of carbonyl (C=O) groups is 2. The fourth-order valence-electron chi connectivity index (χ4n) is 2.26. The lowest BCUT2D eigenvalue weighted by Crippen LogP contribution is -2.40. The molecule has 0 aromatic heterocycles. The smallest absolute Gasteiger partial charge is 0.319 e. The minimum atomic E-state index is -0.228. The number of amides is 1. The highest BCUT2D eigenvalue weighted by Crippen LogP contribution is 2.23.